The van der Waals surface area contributed by atoms with E-state index < -0.39 is 4.33 Å². The molecule has 0 bridgehead atoms. The van der Waals surface area contributed by atoms with Crippen LogP contribution < -0.4 is 0 Å². The first-order valence-corrected chi connectivity index (χ1v) is 3.59. The zero-order valence-electron chi connectivity index (χ0n) is 4.66. The summed E-state index contributed by atoms with van der Waals surface area (Å²) >= 11 is 11.6. The Morgan fingerprint density at radius 1 is 1.50 bits per heavy atom. The third kappa shape index (κ3) is 1.11. The Morgan fingerprint density at radius 3 is 2.25 bits per heavy atom. The van der Waals surface area contributed by atoms with Gasteiger partial charge in [-0.3, -0.25) is 0 Å². The summed E-state index contributed by atoms with van der Waals surface area (Å²) < 4.78 is -0.514. The minimum atomic E-state index is -0.514. The summed E-state index contributed by atoms with van der Waals surface area (Å²) in [5, 5.41) is 0. The molecule has 0 N–H and O–H groups in total. The Morgan fingerprint density at radius 2 is 2.12 bits per heavy atom. The maximum absolute atomic E-state index is 5.82. The summed E-state index contributed by atoms with van der Waals surface area (Å²) in [4.78, 5) is 0. The Bertz CT molecular complexity index is 88.5. The van der Waals surface area contributed by atoms with Crippen molar-refractivity contribution in [3.05, 3.63) is 6.92 Å². The standard InChI is InChI=1S/C6H9Cl2/c1-5-3-2-4-6(5,7)8/h5H,1-4H2. The van der Waals surface area contributed by atoms with Crippen LogP contribution in [0.15, 0.2) is 0 Å². The van der Waals surface area contributed by atoms with Crippen LogP contribution in [0.3, 0.4) is 0 Å². The second-order valence-corrected chi connectivity index (χ2v) is 3.89. The van der Waals surface area contributed by atoms with Gasteiger partial charge < -0.3 is 0 Å². The SMILES string of the molecule is [CH2]C1CCCC1(Cl)Cl. The van der Waals surface area contributed by atoms with E-state index >= 15 is 0 Å². The van der Waals surface area contributed by atoms with Crippen molar-refractivity contribution in [1.82, 2.24) is 0 Å². The maximum atomic E-state index is 5.82. The van der Waals surface area contributed by atoms with Gasteiger partial charge in [-0.15, -0.1) is 23.2 Å². The van der Waals surface area contributed by atoms with Crippen molar-refractivity contribution in [2.24, 2.45) is 5.92 Å². The largest absolute Gasteiger partial charge is 0.121 e. The second kappa shape index (κ2) is 2.07. The molecule has 1 unspecified atom stereocenters. The van der Waals surface area contributed by atoms with Crippen molar-refractivity contribution in [1.29, 1.82) is 0 Å². The normalized spacial score (nSPS) is 35.6. The van der Waals surface area contributed by atoms with E-state index in [2.05, 4.69) is 6.92 Å². The van der Waals surface area contributed by atoms with Gasteiger partial charge in [-0.1, -0.05) is 6.42 Å². The molecule has 1 aliphatic rings. The van der Waals surface area contributed by atoms with Gasteiger partial charge in [0.15, 0.2) is 0 Å². The highest BCUT2D eigenvalue weighted by molar-refractivity contribution is 6.48. The fraction of sp³-hybridized carbons (Fsp3) is 0.833. The topological polar surface area (TPSA) is 0 Å². The van der Waals surface area contributed by atoms with Crippen LogP contribution in [0.25, 0.3) is 0 Å². The molecule has 0 saturated heterocycles. The third-order valence-electron chi connectivity index (χ3n) is 1.66. The molecule has 47 valence electrons. The van der Waals surface area contributed by atoms with Gasteiger partial charge >= 0.3 is 0 Å². The molecule has 0 nitrogen and oxygen atoms in total. The Hall–Kier alpha value is 0.580. The van der Waals surface area contributed by atoms with Gasteiger partial charge in [-0.2, -0.15) is 0 Å². The molecule has 0 aromatic carbocycles. The van der Waals surface area contributed by atoms with Gasteiger partial charge in [0.05, 0.1) is 0 Å². The third-order valence-corrected chi connectivity index (χ3v) is 2.66. The average Bonchev–Trinajstić information content (AvgIpc) is 1.86. The van der Waals surface area contributed by atoms with Crippen LogP contribution in [0.1, 0.15) is 19.3 Å². The highest BCUT2D eigenvalue weighted by Gasteiger charge is 2.35. The monoisotopic (exact) mass is 151 g/mol. The summed E-state index contributed by atoms with van der Waals surface area (Å²) in [6.07, 6.45) is 3.11. The van der Waals surface area contributed by atoms with E-state index in [0.717, 1.165) is 19.3 Å². The molecular formula is C6H9Cl2. The summed E-state index contributed by atoms with van der Waals surface area (Å²) in [5.41, 5.74) is 0. The number of hydrogen-bond acceptors (Lipinski definition) is 0. The smallest absolute Gasteiger partial charge is 0.101 e. The van der Waals surface area contributed by atoms with E-state index in [-0.39, 0.29) is 5.92 Å². The van der Waals surface area contributed by atoms with Gasteiger partial charge in [0.1, 0.15) is 4.33 Å². The number of rotatable bonds is 0. The van der Waals surface area contributed by atoms with Gasteiger partial charge in [0.25, 0.3) is 0 Å². The molecule has 0 spiro atoms. The molecule has 1 fully saturated rings. The lowest BCUT2D eigenvalue weighted by Crippen LogP contribution is -2.15. The van der Waals surface area contributed by atoms with E-state index in [9.17, 15) is 0 Å². The zero-order valence-corrected chi connectivity index (χ0v) is 6.17. The predicted molar refractivity (Wildman–Crippen MR) is 37.1 cm³/mol. The molecule has 1 radical (unpaired) electrons. The maximum Gasteiger partial charge on any atom is 0.121 e. The number of halogens is 2. The molecule has 0 heterocycles. The van der Waals surface area contributed by atoms with Crippen molar-refractivity contribution in [2.45, 2.75) is 23.6 Å². The predicted octanol–water partition coefficient (Wildman–Crippen LogP) is 2.79. The summed E-state index contributed by atoms with van der Waals surface area (Å²) in [7, 11) is 0. The van der Waals surface area contributed by atoms with Crippen molar-refractivity contribution in [3.63, 3.8) is 0 Å². The fourth-order valence-corrected chi connectivity index (χ4v) is 1.48. The summed E-state index contributed by atoms with van der Waals surface area (Å²) in [5.74, 6) is 0.242. The van der Waals surface area contributed by atoms with Crippen LogP contribution >= 0.6 is 23.2 Å². The molecule has 0 amide bonds. The molecule has 8 heavy (non-hydrogen) atoms. The van der Waals surface area contributed by atoms with Gasteiger partial charge in [-0.05, 0) is 25.7 Å². The van der Waals surface area contributed by atoms with Gasteiger partial charge in [0.2, 0.25) is 0 Å². The minimum absolute atomic E-state index is 0.242. The van der Waals surface area contributed by atoms with Crippen LogP contribution in [0.4, 0.5) is 0 Å². The number of hydrogen-bond donors (Lipinski definition) is 0. The fourth-order valence-electron chi connectivity index (χ4n) is 0.999. The molecule has 2 heteroatoms. The summed E-state index contributed by atoms with van der Waals surface area (Å²) in [6, 6.07) is 0. The first kappa shape index (κ1) is 6.70. The molecule has 0 aromatic heterocycles. The summed E-state index contributed by atoms with van der Waals surface area (Å²) in [6.45, 7) is 3.83. The van der Waals surface area contributed by atoms with E-state index in [0.29, 0.717) is 0 Å². The quantitative estimate of drug-likeness (QED) is 0.468. The molecule has 1 aliphatic carbocycles. The zero-order chi connectivity index (χ0) is 6.20. The van der Waals surface area contributed by atoms with E-state index in [1.165, 1.54) is 0 Å². The second-order valence-electron chi connectivity index (χ2n) is 2.35. The van der Waals surface area contributed by atoms with Crippen LogP contribution in [0.5, 0.6) is 0 Å². The molecule has 1 rings (SSSR count). The van der Waals surface area contributed by atoms with E-state index in [1.54, 1.807) is 0 Å². The Balaban J connectivity index is 2.54. The van der Waals surface area contributed by atoms with Crippen molar-refractivity contribution in [2.75, 3.05) is 0 Å². The molecule has 0 aliphatic heterocycles. The van der Waals surface area contributed by atoms with Gasteiger partial charge in [0, 0.05) is 0 Å². The molecule has 0 aromatic rings. The molecule has 1 atom stereocenters. The molecule has 1 saturated carbocycles. The average molecular weight is 152 g/mol. The number of alkyl halides is 2. The van der Waals surface area contributed by atoms with Crippen LogP contribution in [0.2, 0.25) is 0 Å². The first-order valence-electron chi connectivity index (χ1n) is 2.84. The highest BCUT2D eigenvalue weighted by Crippen LogP contribution is 2.43. The molecular weight excluding hydrogens is 143 g/mol. The van der Waals surface area contributed by atoms with Crippen molar-refractivity contribution in [3.8, 4) is 0 Å². The lowest BCUT2D eigenvalue weighted by atomic mass is 10.1. The van der Waals surface area contributed by atoms with Crippen LogP contribution in [-0.2, 0) is 0 Å². The van der Waals surface area contributed by atoms with E-state index in [4.69, 9.17) is 23.2 Å². The van der Waals surface area contributed by atoms with E-state index in [1.807, 2.05) is 0 Å². The van der Waals surface area contributed by atoms with Crippen molar-refractivity contribution >= 4 is 23.2 Å². The van der Waals surface area contributed by atoms with Crippen LogP contribution in [-0.4, -0.2) is 4.33 Å². The Labute approximate surface area is 60.2 Å². The minimum Gasteiger partial charge on any atom is -0.101 e. The van der Waals surface area contributed by atoms with Crippen LogP contribution in [0, 0.1) is 12.8 Å². The Kier molecular flexibility index (Phi) is 1.74. The van der Waals surface area contributed by atoms with Crippen molar-refractivity contribution < 1.29 is 0 Å². The highest BCUT2D eigenvalue weighted by atomic mass is 35.5. The lowest BCUT2D eigenvalue weighted by Gasteiger charge is -2.16. The lowest BCUT2D eigenvalue weighted by molar-refractivity contribution is 0.644. The van der Waals surface area contributed by atoms with Gasteiger partial charge in [-0.25, -0.2) is 0 Å². The first-order chi connectivity index (χ1) is 3.63.